The van der Waals surface area contributed by atoms with Gasteiger partial charge < -0.3 is 15.4 Å². The van der Waals surface area contributed by atoms with Gasteiger partial charge in [-0.25, -0.2) is 4.98 Å². The Morgan fingerprint density at radius 3 is 2.62 bits per heavy atom. The summed E-state index contributed by atoms with van der Waals surface area (Å²) in [7, 11) is 0. The monoisotopic (exact) mass is 456 g/mol. The number of aromatic nitrogens is 3. The molecule has 0 bridgehead atoms. The summed E-state index contributed by atoms with van der Waals surface area (Å²) in [6.07, 6.45) is 7.22. The molecule has 0 unspecified atom stereocenters. The minimum Gasteiger partial charge on any atom is -0.385 e. The van der Waals surface area contributed by atoms with Crippen LogP contribution in [0.15, 0.2) is 47.1 Å². The van der Waals surface area contributed by atoms with Crippen LogP contribution in [-0.2, 0) is 17.7 Å². The highest BCUT2D eigenvalue weighted by molar-refractivity contribution is 6.30. The number of amidine groups is 2. The Morgan fingerprint density at radius 1 is 1.12 bits per heavy atom. The molecule has 10 heteroatoms. The Bertz CT molecular complexity index is 953. The molecule has 9 nitrogen and oxygen atoms in total. The van der Waals surface area contributed by atoms with Gasteiger partial charge in [0.05, 0.1) is 25.7 Å². The van der Waals surface area contributed by atoms with E-state index < -0.39 is 0 Å². The number of nitrogens with zero attached hydrogens (tertiary/aromatic N) is 7. The predicted octanol–water partition coefficient (Wildman–Crippen LogP) is 1.78. The molecule has 0 aliphatic carbocycles. The molecule has 3 aliphatic heterocycles. The van der Waals surface area contributed by atoms with Gasteiger partial charge in [-0.05, 0) is 37.0 Å². The average Bonchev–Trinajstić information content (AvgIpc) is 3.48. The molecule has 2 fully saturated rings. The van der Waals surface area contributed by atoms with Gasteiger partial charge in [-0.15, -0.1) is 10.2 Å². The topological polar surface area (TPSA) is 97.2 Å². The molecule has 170 valence electrons. The summed E-state index contributed by atoms with van der Waals surface area (Å²) < 4.78 is 8.13. The van der Waals surface area contributed by atoms with Crippen molar-refractivity contribution >= 4 is 23.3 Å². The Balaban J connectivity index is 1.26. The second-order valence-electron chi connectivity index (χ2n) is 8.76. The van der Waals surface area contributed by atoms with Crippen LogP contribution < -0.4 is 5.73 Å². The second-order valence-corrected chi connectivity index (χ2v) is 9.19. The van der Waals surface area contributed by atoms with Gasteiger partial charge in [-0.3, -0.25) is 9.58 Å². The third-order valence-corrected chi connectivity index (χ3v) is 6.83. The van der Waals surface area contributed by atoms with Crippen molar-refractivity contribution in [3.8, 4) is 0 Å². The number of nitrogens with two attached hydrogens (primary N) is 1. The van der Waals surface area contributed by atoms with Crippen molar-refractivity contribution in [1.82, 2.24) is 24.6 Å². The predicted molar refractivity (Wildman–Crippen MR) is 124 cm³/mol. The molecule has 2 saturated heterocycles. The summed E-state index contributed by atoms with van der Waals surface area (Å²) in [4.78, 5) is 9.06. The normalized spacial score (nSPS) is 25.1. The van der Waals surface area contributed by atoms with E-state index in [0.29, 0.717) is 30.9 Å². The van der Waals surface area contributed by atoms with Gasteiger partial charge in [0, 0.05) is 36.7 Å². The van der Waals surface area contributed by atoms with Gasteiger partial charge in [0.15, 0.2) is 0 Å². The largest absolute Gasteiger partial charge is 0.385 e. The van der Waals surface area contributed by atoms with Crippen molar-refractivity contribution in [1.29, 1.82) is 0 Å². The number of benzene rings is 1. The van der Waals surface area contributed by atoms with Crippen molar-refractivity contribution in [2.75, 3.05) is 26.2 Å². The van der Waals surface area contributed by atoms with Crippen LogP contribution in [-0.4, -0.2) is 80.7 Å². The van der Waals surface area contributed by atoms with Crippen LogP contribution in [0.3, 0.4) is 0 Å². The van der Waals surface area contributed by atoms with E-state index in [1.54, 1.807) is 12.7 Å². The lowest BCUT2D eigenvalue weighted by atomic mass is 9.96. The number of ether oxygens (including phenoxy) is 1. The summed E-state index contributed by atoms with van der Waals surface area (Å²) in [5, 5.41) is 13.3. The fraction of sp³-hybridized carbons (Fsp3) is 0.545. The first-order chi connectivity index (χ1) is 15.6. The van der Waals surface area contributed by atoms with Crippen LogP contribution >= 0.6 is 11.6 Å². The minimum absolute atomic E-state index is 0.101. The molecular weight excluding hydrogens is 428 g/mol. The van der Waals surface area contributed by atoms with E-state index in [1.807, 2.05) is 16.8 Å². The number of halogens is 1. The molecule has 0 saturated carbocycles. The Labute approximate surface area is 192 Å². The lowest BCUT2D eigenvalue weighted by Crippen LogP contribution is -2.58. The van der Waals surface area contributed by atoms with Gasteiger partial charge in [-0.2, -0.15) is 5.10 Å². The van der Waals surface area contributed by atoms with E-state index in [4.69, 9.17) is 22.1 Å². The molecule has 2 atom stereocenters. The van der Waals surface area contributed by atoms with Crippen LogP contribution in [0.2, 0.25) is 5.02 Å². The van der Waals surface area contributed by atoms with Gasteiger partial charge in [-0.1, -0.05) is 23.7 Å². The van der Waals surface area contributed by atoms with E-state index in [1.165, 1.54) is 5.56 Å². The first-order valence-electron chi connectivity index (χ1n) is 11.2. The minimum atomic E-state index is 0.101. The molecule has 4 heterocycles. The summed E-state index contributed by atoms with van der Waals surface area (Å²) >= 11 is 6.09. The number of hydrogen-bond acceptors (Lipinski definition) is 8. The number of hydrogen-bond donors (Lipinski definition) is 1. The van der Waals surface area contributed by atoms with Gasteiger partial charge in [0.25, 0.3) is 0 Å². The van der Waals surface area contributed by atoms with E-state index in [2.05, 4.69) is 42.2 Å². The summed E-state index contributed by atoms with van der Waals surface area (Å²) in [6, 6.07) is 9.01. The summed E-state index contributed by atoms with van der Waals surface area (Å²) in [6.45, 7) is 4.27. The van der Waals surface area contributed by atoms with Crippen molar-refractivity contribution in [2.45, 2.75) is 50.4 Å². The van der Waals surface area contributed by atoms with Crippen LogP contribution in [0.1, 0.15) is 24.8 Å². The third kappa shape index (κ3) is 4.95. The van der Waals surface area contributed by atoms with Crippen molar-refractivity contribution in [3.63, 3.8) is 0 Å². The zero-order valence-electron chi connectivity index (χ0n) is 18.1. The highest BCUT2D eigenvalue weighted by Crippen LogP contribution is 2.26. The maximum absolute atomic E-state index is 6.28. The van der Waals surface area contributed by atoms with Crippen molar-refractivity contribution < 1.29 is 4.74 Å². The zero-order chi connectivity index (χ0) is 21.9. The average molecular weight is 457 g/mol. The molecule has 2 N–H and O–H groups in total. The molecule has 32 heavy (non-hydrogen) atoms. The first kappa shape index (κ1) is 21.4. The molecule has 0 spiro atoms. The SMILES string of the molecule is NC1=NN=C(N2CCC(N3C[C@H](Cn4cncn4)OC[C@@H]3Cc3ccc(Cl)cc3)CC2)C1. The molecule has 1 aromatic heterocycles. The van der Waals surface area contributed by atoms with E-state index in [-0.39, 0.29) is 6.10 Å². The Kier molecular flexibility index (Phi) is 6.38. The number of rotatable bonds is 5. The molecule has 3 aliphatic rings. The van der Waals surface area contributed by atoms with Crippen LogP contribution in [0.4, 0.5) is 0 Å². The van der Waals surface area contributed by atoms with Crippen LogP contribution in [0, 0.1) is 0 Å². The van der Waals surface area contributed by atoms with Crippen molar-refractivity contribution in [2.24, 2.45) is 15.9 Å². The third-order valence-electron chi connectivity index (χ3n) is 6.58. The van der Waals surface area contributed by atoms with E-state index in [0.717, 1.165) is 56.3 Å². The number of likely N-dealkylation sites (tertiary alicyclic amines) is 1. The molecule has 0 radical (unpaired) electrons. The van der Waals surface area contributed by atoms with Crippen molar-refractivity contribution in [3.05, 3.63) is 47.5 Å². The molecule has 1 aromatic carbocycles. The standard InChI is InChI=1S/C22H29ClN8O/c23-17-3-1-16(2-4-17)9-19-13-32-20(11-30-15-25-14-26-30)12-31(19)18-5-7-29(8-6-18)22-10-21(24)27-28-22/h1-4,14-15,18-20H,5-13H2,(H2,24,27)/t19-,20-/m0/s1. The molecule has 0 amide bonds. The van der Waals surface area contributed by atoms with Gasteiger partial charge in [0.2, 0.25) is 0 Å². The molecular formula is C22H29ClN8O. The van der Waals surface area contributed by atoms with Crippen LogP contribution in [0.5, 0.6) is 0 Å². The zero-order valence-corrected chi connectivity index (χ0v) is 18.8. The number of piperidine rings is 1. The van der Waals surface area contributed by atoms with Gasteiger partial charge in [0.1, 0.15) is 24.3 Å². The van der Waals surface area contributed by atoms with Gasteiger partial charge >= 0.3 is 0 Å². The van der Waals surface area contributed by atoms with E-state index >= 15 is 0 Å². The number of morpholine rings is 1. The highest BCUT2D eigenvalue weighted by Gasteiger charge is 2.36. The molecule has 2 aromatic rings. The summed E-state index contributed by atoms with van der Waals surface area (Å²) in [5.41, 5.74) is 7.10. The lowest BCUT2D eigenvalue weighted by molar-refractivity contribution is -0.0910. The lowest BCUT2D eigenvalue weighted by Gasteiger charge is -2.47. The fourth-order valence-corrected chi connectivity index (χ4v) is 5.05. The fourth-order valence-electron chi connectivity index (χ4n) is 4.93. The first-order valence-corrected chi connectivity index (χ1v) is 11.6. The summed E-state index contributed by atoms with van der Waals surface area (Å²) in [5.74, 6) is 1.61. The van der Waals surface area contributed by atoms with E-state index in [9.17, 15) is 0 Å². The maximum atomic E-state index is 6.28. The van der Waals surface area contributed by atoms with Crippen LogP contribution in [0.25, 0.3) is 0 Å². The maximum Gasteiger partial charge on any atom is 0.137 e. The Morgan fingerprint density at radius 2 is 1.94 bits per heavy atom. The quantitative estimate of drug-likeness (QED) is 0.736. The highest BCUT2D eigenvalue weighted by atomic mass is 35.5. The Hall–Kier alpha value is -2.49. The smallest absolute Gasteiger partial charge is 0.137 e. The molecule has 5 rings (SSSR count). The second kappa shape index (κ2) is 9.56.